The second-order valence-electron chi connectivity index (χ2n) is 5.36. The molecular weight excluding hydrogens is 340 g/mol. The van der Waals surface area contributed by atoms with Gasteiger partial charge in [0.2, 0.25) is 5.91 Å². The van der Waals surface area contributed by atoms with Crippen molar-refractivity contribution in [3.05, 3.63) is 28.8 Å². The molecule has 0 radical (unpaired) electrons. The molecule has 0 spiro atoms. The topological polar surface area (TPSA) is 81.2 Å². The molecule has 2 rings (SSSR count). The van der Waals surface area contributed by atoms with Crippen LogP contribution in [0.1, 0.15) is 33.0 Å². The van der Waals surface area contributed by atoms with Gasteiger partial charge in [0.1, 0.15) is 12.4 Å². The Labute approximate surface area is 152 Å². The van der Waals surface area contributed by atoms with Gasteiger partial charge in [0, 0.05) is 18.2 Å². The molecule has 2 aromatic rings. The van der Waals surface area contributed by atoms with Crippen molar-refractivity contribution in [2.24, 2.45) is 0 Å². The fraction of sp³-hybridized carbons (Fsp3) is 0.471. The number of carbonyl (C=O) groups is 1. The van der Waals surface area contributed by atoms with Crippen LogP contribution in [0.3, 0.4) is 0 Å². The average molecular weight is 364 g/mol. The van der Waals surface area contributed by atoms with Gasteiger partial charge in [-0.3, -0.25) is 14.5 Å². The fourth-order valence-corrected chi connectivity index (χ4v) is 2.62. The second kappa shape index (κ2) is 9.22. The molecule has 1 heterocycles. The molecule has 2 N–H and O–H groups in total. The van der Waals surface area contributed by atoms with Gasteiger partial charge in [0.15, 0.2) is 16.3 Å². The Kier molecular flexibility index (Phi) is 7.00. The summed E-state index contributed by atoms with van der Waals surface area (Å²) in [5.74, 6) is 1.86. The predicted molar refractivity (Wildman–Crippen MR) is 98.8 cm³/mol. The summed E-state index contributed by atoms with van der Waals surface area (Å²) in [6.45, 7) is 7.04. The van der Waals surface area contributed by atoms with E-state index in [1.54, 1.807) is 22.8 Å². The van der Waals surface area contributed by atoms with Crippen LogP contribution in [-0.2, 0) is 17.8 Å². The van der Waals surface area contributed by atoms with Crippen molar-refractivity contribution in [3.63, 3.8) is 0 Å². The Hall–Kier alpha value is -2.35. The highest BCUT2D eigenvalue weighted by atomic mass is 32.1. The zero-order valence-electron chi connectivity index (χ0n) is 14.8. The van der Waals surface area contributed by atoms with Gasteiger partial charge in [-0.05, 0) is 44.6 Å². The van der Waals surface area contributed by atoms with E-state index in [0.29, 0.717) is 35.2 Å². The highest BCUT2D eigenvalue weighted by Crippen LogP contribution is 2.30. The van der Waals surface area contributed by atoms with Crippen LogP contribution in [0, 0.1) is 4.77 Å². The van der Waals surface area contributed by atoms with Gasteiger partial charge in [-0.2, -0.15) is 5.10 Å². The monoisotopic (exact) mass is 364 g/mol. The number of rotatable bonds is 9. The van der Waals surface area contributed by atoms with Crippen LogP contribution in [0.4, 0.5) is 5.69 Å². The SMILES string of the molecule is CCCc1n[nH]c(=S)n1CC(=O)Nc1ccc(OCC)c(OCC)c1. The average Bonchev–Trinajstić information content (AvgIpc) is 2.91. The minimum absolute atomic E-state index is 0.113. The third kappa shape index (κ3) is 5.06. The maximum absolute atomic E-state index is 12.4. The molecule has 0 bridgehead atoms. The summed E-state index contributed by atoms with van der Waals surface area (Å²) < 4.78 is 13.3. The van der Waals surface area contributed by atoms with Crippen molar-refractivity contribution < 1.29 is 14.3 Å². The van der Waals surface area contributed by atoms with Gasteiger partial charge in [-0.25, -0.2) is 0 Å². The van der Waals surface area contributed by atoms with E-state index in [9.17, 15) is 4.79 Å². The van der Waals surface area contributed by atoms with Gasteiger partial charge in [-0.15, -0.1) is 0 Å². The number of nitrogens with one attached hydrogen (secondary N) is 2. The molecule has 1 amide bonds. The highest BCUT2D eigenvalue weighted by molar-refractivity contribution is 7.71. The highest BCUT2D eigenvalue weighted by Gasteiger charge is 2.12. The number of aryl methyl sites for hydroxylation is 1. The molecule has 7 nitrogen and oxygen atoms in total. The van der Waals surface area contributed by atoms with Gasteiger partial charge < -0.3 is 14.8 Å². The zero-order valence-corrected chi connectivity index (χ0v) is 15.6. The van der Waals surface area contributed by atoms with Crippen LogP contribution in [0.15, 0.2) is 18.2 Å². The molecule has 0 saturated heterocycles. The third-order valence-corrected chi connectivity index (χ3v) is 3.75. The molecule has 0 atom stereocenters. The van der Waals surface area contributed by atoms with Crippen LogP contribution in [0.25, 0.3) is 0 Å². The number of hydrogen-bond donors (Lipinski definition) is 2. The summed E-state index contributed by atoms with van der Waals surface area (Å²) in [6, 6.07) is 5.33. The molecule has 0 aliphatic rings. The number of hydrogen-bond acceptors (Lipinski definition) is 5. The summed E-state index contributed by atoms with van der Waals surface area (Å²) in [7, 11) is 0. The molecule has 1 aromatic heterocycles. The fourth-order valence-electron chi connectivity index (χ4n) is 2.40. The minimum atomic E-state index is -0.179. The summed E-state index contributed by atoms with van der Waals surface area (Å²) >= 11 is 5.20. The number of benzene rings is 1. The van der Waals surface area contributed by atoms with Crippen LogP contribution < -0.4 is 14.8 Å². The molecule has 0 fully saturated rings. The van der Waals surface area contributed by atoms with Crippen molar-refractivity contribution in [1.29, 1.82) is 0 Å². The number of aromatic nitrogens is 3. The Morgan fingerprint density at radius 1 is 1.24 bits per heavy atom. The predicted octanol–water partition coefficient (Wildman–Crippen LogP) is 3.33. The molecule has 0 aliphatic carbocycles. The van der Waals surface area contributed by atoms with Gasteiger partial charge in [0.05, 0.1) is 13.2 Å². The largest absolute Gasteiger partial charge is 0.490 e. The lowest BCUT2D eigenvalue weighted by molar-refractivity contribution is -0.116. The van der Waals surface area contributed by atoms with E-state index in [-0.39, 0.29) is 12.5 Å². The maximum Gasteiger partial charge on any atom is 0.244 e. The van der Waals surface area contributed by atoms with Gasteiger partial charge in [0.25, 0.3) is 0 Å². The molecule has 0 aliphatic heterocycles. The molecule has 0 saturated carbocycles. The summed E-state index contributed by atoms with van der Waals surface area (Å²) in [5, 5.41) is 9.76. The maximum atomic E-state index is 12.4. The van der Waals surface area contributed by atoms with E-state index in [1.807, 2.05) is 13.8 Å². The molecular formula is C17H24N4O3S. The quantitative estimate of drug-likeness (QED) is 0.667. The number of anilines is 1. The normalized spacial score (nSPS) is 10.5. The lowest BCUT2D eigenvalue weighted by Gasteiger charge is -2.13. The zero-order chi connectivity index (χ0) is 18.2. The second-order valence-corrected chi connectivity index (χ2v) is 5.74. The van der Waals surface area contributed by atoms with Gasteiger partial charge >= 0.3 is 0 Å². The number of aromatic amines is 1. The first-order valence-corrected chi connectivity index (χ1v) is 8.83. The molecule has 8 heteroatoms. The van der Waals surface area contributed by atoms with Crippen molar-refractivity contribution in [2.45, 2.75) is 40.2 Å². The van der Waals surface area contributed by atoms with Crippen LogP contribution in [-0.4, -0.2) is 33.9 Å². The van der Waals surface area contributed by atoms with Crippen LogP contribution in [0.5, 0.6) is 11.5 Å². The number of nitrogens with zero attached hydrogens (tertiary/aromatic N) is 2. The van der Waals surface area contributed by atoms with Crippen LogP contribution >= 0.6 is 12.2 Å². The standard InChI is InChI=1S/C17H24N4O3S/c1-4-7-15-19-20-17(25)21(15)11-16(22)18-12-8-9-13(23-5-2)14(10-12)24-6-3/h8-10H,4-7,11H2,1-3H3,(H,18,22)(H,20,25). The number of H-pyrrole nitrogens is 1. The lowest BCUT2D eigenvalue weighted by atomic mass is 10.2. The van der Waals surface area contributed by atoms with E-state index in [1.165, 1.54) is 0 Å². The molecule has 25 heavy (non-hydrogen) atoms. The van der Waals surface area contributed by atoms with Crippen LogP contribution in [0.2, 0.25) is 0 Å². The summed E-state index contributed by atoms with van der Waals surface area (Å²) in [6.07, 6.45) is 1.69. The van der Waals surface area contributed by atoms with E-state index in [4.69, 9.17) is 21.7 Å². The van der Waals surface area contributed by atoms with Crippen molar-refractivity contribution >= 4 is 23.8 Å². The number of ether oxygens (including phenoxy) is 2. The van der Waals surface area contributed by atoms with Crippen molar-refractivity contribution in [3.8, 4) is 11.5 Å². The minimum Gasteiger partial charge on any atom is -0.490 e. The first kappa shape index (κ1) is 19.0. The Morgan fingerprint density at radius 3 is 2.64 bits per heavy atom. The summed E-state index contributed by atoms with van der Waals surface area (Å²) in [5.41, 5.74) is 0.643. The smallest absolute Gasteiger partial charge is 0.244 e. The van der Waals surface area contributed by atoms with Crippen molar-refractivity contribution in [2.75, 3.05) is 18.5 Å². The molecule has 1 aromatic carbocycles. The van der Waals surface area contributed by atoms with Gasteiger partial charge in [-0.1, -0.05) is 6.92 Å². The molecule has 0 unspecified atom stereocenters. The summed E-state index contributed by atoms with van der Waals surface area (Å²) in [4.78, 5) is 12.4. The van der Waals surface area contributed by atoms with E-state index in [2.05, 4.69) is 22.4 Å². The Morgan fingerprint density at radius 2 is 1.96 bits per heavy atom. The number of amides is 1. The first-order chi connectivity index (χ1) is 12.1. The Bertz CT molecular complexity index is 769. The first-order valence-electron chi connectivity index (χ1n) is 8.42. The van der Waals surface area contributed by atoms with E-state index < -0.39 is 0 Å². The Balaban J connectivity index is 2.11. The number of carbonyl (C=O) groups excluding carboxylic acids is 1. The van der Waals surface area contributed by atoms with E-state index >= 15 is 0 Å². The van der Waals surface area contributed by atoms with E-state index in [0.717, 1.165) is 18.7 Å². The lowest BCUT2D eigenvalue weighted by Crippen LogP contribution is -2.20. The molecule has 136 valence electrons. The van der Waals surface area contributed by atoms with Crippen molar-refractivity contribution in [1.82, 2.24) is 14.8 Å². The third-order valence-electron chi connectivity index (χ3n) is 3.44.